The minimum absolute atomic E-state index is 0.183. The highest BCUT2D eigenvalue weighted by Gasteiger charge is 2.38. The molecule has 1 amide bonds. The van der Waals surface area contributed by atoms with Crippen LogP contribution < -0.4 is 19.1 Å². The van der Waals surface area contributed by atoms with Crippen LogP contribution in [0.5, 0.6) is 17.2 Å². The van der Waals surface area contributed by atoms with Crippen molar-refractivity contribution in [2.24, 2.45) is 0 Å². The van der Waals surface area contributed by atoms with E-state index >= 15 is 0 Å². The van der Waals surface area contributed by atoms with Gasteiger partial charge in [0, 0.05) is 16.4 Å². The fraction of sp³-hybridized carbons (Fsp3) is 0.250. The van der Waals surface area contributed by atoms with Crippen LogP contribution >= 0.6 is 11.6 Å². The second-order valence-electron chi connectivity index (χ2n) is 6.81. The number of allylic oxidation sites excluding steroid dienone is 1. The molecule has 168 valence electrons. The van der Waals surface area contributed by atoms with E-state index in [1.54, 1.807) is 56.3 Å². The Hall–Kier alpha value is -3.45. The predicted molar refractivity (Wildman–Crippen MR) is 122 cm³/mol. The van der Waals surface area contributed by atoms with Gasteiger partial charge in [0.15, 0.2) is 11.5 Å². The van der Waals surface area contributed by atoms with Gasteiger partial charge in [0.05, 0.1) is 39.1 Å². The number of carbonyl (C=O) groups is 2. The average Bonchev–Trinajstić information content (AvgIpc) is 3.03. The first-order valence-corrected chi connectivity index (χ1v) is 10.2. The summed E-state index contributed by atoms with van der Waals surface area (Å²) in [6.45, 7) is 3.60. The Morgan fingerprint density at radius 2 is 1.62 bits per heavy atom. The molecule has 7 nitrogen and oxygen atoms in total. The summed E-state index contributed by atoms with van der Waals surface area (Å²) < 4.78 is 21.4. The first kappa shape index (κ1) is 23.2. The number of hydrogen-bond acceptors (Lipinski definition) is 6. The lowest BCUT2D eigenvalue weighted by molar-refractivity contribution is -0.138. The number of methoxy groups -OCH3 is 3. The molecular weight excluding hydrogens is 434 g/mol. The van der Waals surface area contributed by atoms with Gasteiger partial charge in [0.25, 0.3) is 5.91 Å². The lowest BCUT2D eigenvalue weighted by atomic mass is 10.0. The zero-order valence-electron chi connectivity index (χ0n) is 18.5. The molecule has 0 aromatic heterocycles. The molecule has 2 aromatic carbocycles. The number of halogens is 1. The Kier molecular flexibility index (Phi) is 7.10. The number of amides is 1. The lowest BCUT2D eigenvalue weighted by Crippen LogP contribution is -2.24. The second kappa shape index (κ2) is 9.78. The van der Waals surface area contributed by atoms with Gasteiger partial charge in [0.1, 0.15) is 0 Å². The van der Waals surface area contributed by atoms with E-state index < -0.39 is 5.97 Å². The van der Waals surface area contributed by atoms with Gasteiger partial charge in [-0.3, -0.25) is 9.69 Å². The molecule has 1 aliphatic rings. The van der Waals surface area contributed by atoms with Crippen molar-refractivity contribution in [1.82, 2.24) is 0 Å². The maximum Gasteiger partial charge on any atom is 0.340 e. The third-order valence-electron chi connectivity index (χ3n) is 4.96. The normalized spacial score (nSPS) is 14.8. The number of ether oxygens (including phenoxy) is 4. The van der Waals surface area contributed by atoms with Crippen molar-refractivity contribution in [3.05, 3.63) is 63.8 Å². The van der Waals surface area contributed by atoms with Crippen molar-refractivity contribution >= 4 is 35.2 Å². The highest BCUT2D eigenvalue weighted by atomic mass is 35.5. The smallest absolute Gasteiger partial charge is 0.340 e. The van der Waals surface area contributed by atoms with Gasteiger partial charge in [-0.1, -0.05) is 11.6 Å². The number of anilines is 1. The minimum Gasteiger partial charge on any atom is -0.493 e. The molecule has 0 radical (unpaired) electrons. The van der Waals surface area contributed by atoms with Crippen LogP contribution in [0.15, 0.2) is 53.2 Å². The third kappa shape index (κ3) is 4.29. The molecule has 0 aliphatic carbocycles. The van der Waals surface area contributed by atoms with Gasteiger partial charge in [-0.2, -0.15) is 0 Å². The van der Waals surface area contributed by atoms with Gasteiger partial charge in [-0.25, -0.2) is 4.79 Å². The highest BCUT2D eigenvalue weighted by molar-refractivity contribution is 6.30. The summed E-state index contributed by atoms with van der Waals surface area (Å²) in [7, 11) is 4.52. The molecule has 0 saturated carbocycles. The fourth-order valence-corrected chi connectivity index (χ4v) is 3.66. The van der Waals surface area contributed by atoms with Crippen molar-refractivity contribution in [3.8, 4) is 17.2 Å². The molecule has 1 aliphatic heterocycles. The van der Waals surface area contributed by atoms with E-state index in [2.05, 4.69) is 0 Å². The summed E-state index contributed by atoms with van der Waals surface area (Å²) in [5.74, 6) is 0.347. The Balaban J connectivity index is 2.17. The van der Waals surface area contributed by atoms with Gasteiger partial charge in [0.2, 0.25) is 5.75 Å². The van der Waals surface area contributed by atoms with Crippen LogP contribution in [0.1, 0.15) is 19.4 Å². The van der Waals surface area contributed by atoms with Crippen molar-refractivity contribution in [3.63, 3.8) is 0 Å². The van der Waals surface area contributed by atoms with Crippen LogP contribution in [0.2, 0.25) is 5.02 Å². The van der Waals surface area contributed by atoms with Gasteiger partial charge in [-0.15, -0.1) is 0 Å². The predicted octanol–water partition coefficient (Wildman–Crippen LogP) is 4.63. The fourth-order valence-electron chi connectivity index (χ4n) is 3.53. The summed E-state index contributed by atoms with van der Waals surface area (Å²) in [5.41, 5.74) is 2.04. The van der Waals surface area contributed by atoms with E-state index in [0.717, 1.165) is 0 Å². The molecule has 8 heteroatoms. The average molecular weight is 458 g/mol. The van der Waals surface area contributed by atoms with Crippen LogP contribution in [0.25, 0.3) is 6.08 Å². The first-order chi connectivity index (χ1) is 15.4. The zero-order valence-corrected chi connectivity index (χ0v) is 19.3. The van der Waals surface area contributed by atoms with E-state index in [1.165, 1.54) is 26.2 Å². The molecule has 0 atom stereocenters. The largest absolute Gasteiger partial charge is 0.493 e. The Morgan fingerprint density at radius 1 is 1.03 bits per heavy atom. The van der Waals surface area contributed by atoms with E-state index in [4.69, 9.17) is 30.5 Å². The number of hydrogen-bond donors (Lipinski definition) is 0. The molecule has 1 heterocycles. The highest BCUT2D eigenvalue weighted by Crippen LogP contribution is 2.40. The van der Waals surface area contributed by atoms with Crippen molar-refractivity contribution in [2.45, 2.75) is 13.8 Å². The second-order valence-corrected chi connectivity index (χ2v) is 7.25. The van der Waals surface area contributed by atoms with Crippen LogP contribution in [0, 0.1) is 0 Å². The minimum atomic E-state index is -0.575. The Morgan fingerprint density at radius 3 is 2.12 bits per heavy atom. The van der Waals surface area contributed by atoms with E-state index in [1.807, 2.05) is 0 Å². The zero-order chi connectivity index (χ0) is 23.4. The summed E-state index contributed by atoms with van der Waals surface area (Å²) in [6, 6.07) is 10.2. The number of rotatable bonds is 7. The van der Waals surface area contributed by atoms with Crippen LogP contribution in [-0.2, 0) is 14.3 Å². The molecule has 0 unspecified atom stereocenters. The molecular formula is C24H24ClNO6. The summed E-state index contributed by atoms with van der Waals surface area (Å²) >= 11 is 5.99. The van der Waals surface area contributed by atoms with Crippen molar-refractivity contribution in [1.29, 1.82) is 0 Å². The number of nitrogens with zero attached hydrogens (tertiary/aromatic N) is 1. The number of carbonyl (C=O) groups excluding carboxylic acids is 2. The summed E-state index contributed by atoms with van der Waals surface area (Å²) in [4.78, 5) is 27.7. The lowest BCUT2D eigenvalue weighted by Gasteiger charge is -2.18. The number of benzene rings is 2. The Bertz CT molecular complexity index is 1080. The molecule has 0 N–H and O–H groups in total. The topological polar surface area (TPSA) is 74.3 Å². The van der Waals surface area contributed by atoms with Crippen LogP contribution in [0.4, 0.5) is 5.69 Å². The van der Waals surface area contributed by atoms with E-state index in [9.17, 15) is 9.59 Å². The van der Waals surface area contributed by atoms with Crippen LogP contribution in [0.3, 0.4) is 0 Å². The van der Waals surface area contributed by atoms with Gasteiger partial charge in [-0.05, 0) is 61.9 Å². The van der Waals surface area contributed by atoms with E-state index in [-0.39, 0.29) is 23.7 Å². The molecule has 0 saturated heterocycles. The summed E-state index contributed by atoms with van der Waals surface area (Å²) in [5, 5.41) is 0.542. The molecule has 32 heavy (non-hydrogen) atoms. The van der Waals surface area contributed by atoms with Crippen LogP contribution in [-0.4, -0.2) is 39.8 Å². The maximum absolute atomic E-state index is 13.4. The maximum atomic E-state index is 13.4. The third-order valence-corrected chi connectivity index (χ3v) is 5.21. The molecule has 3 rings (SSSR count). The molecule has 2 aromatic rings. The molecule has 0 fully saturated rings. The SMILES string of the molecule is CCOC(=O)C1=C(C)N(c2ccc(Cl)cc2)C(=O)/C1=C\c1cc(OC)c(OC)c(OC)c1. The van der Waals surface area contributed by atoms with Crippen molar-refractivity contribution < 1.29 is 28.5 Å². The molecule has 0 bridgehead atoms. The van der Waals surface area contributed by atoms with Gasteiger partial charge < -0.3 is 18.9 Å². The monoisotopic (exact) mass is 457 g/mol. The molecule has 0 spiro atoms. The quantitative estimate of drug-likeness (QED) is 0.445. The summed E-state index contributed by atoms with van der Waals surface area (Å²) in [6.07, 6.45) is 1.61. The van der Waals surface area contributed by atoms with E-state index in [0.29, 0.717) is 39.2 Å². The van der Waals surface area contributed by atoms with Crippen molar-refractivity contribution in [2.75, 3.05) is 32.8 Å². The first-order valence-electron chi connectivity index (χ1n) is 9.86. The van der Waals surface area contributed by atoms with Gasteiger partial charge >= 0.3 is 5.97 Å². The Labute approximate surface area is 191 Å². The number of esters is 1. The standard InChI is InChI=1S/C24H24ClNO6/c1-6-32-24(28)21-14(2)26(17-9-7-16(25)8-10-17)23(27)18(21)11-15-12-19(29-3)22(31-5)20(13-15)30-4/h7-13H,6H2,1-5H3/b18-11-.